The Bertz CT molecular complexity index is 930. The van der Waals surface area contributed by atoms with Crippen molar-refractivity contribution in [3.63, 3.8) is 0 Å². The summed E-state index contributed by atoms with van der Waals surface area (Å²) >= 11 is 0. The predicted molar refractivity (Wildman–Crippen MR) is 128 cm³/mol. The van der Waals surface area contributed by atoms with Crippen molar-refractivity contribution in [1.82, 2.24) is 0 Å². The van der Waals surface area contributed by atoms with Crippen LogP contribution in [0.25, 0.3) is 0 Å². The zero-order valence-electron chi connectivity index (χ0n) is 19.3. The van der Waals surface area contributed by atoms with Gasteiger partial charge in [0.05, 0.1) is 0 Å². The number of quaternary nitrogens is 2. The average molecular weight is 433 g/mol. The van der Waals surface area contributed by atoms with Gasteiger partial charge in [-0.2, -0.15) is 0 Å². The fraction of sp³-hybridized carbons (Fsp3) is 0.357. The lowest BCUT2D eigenvalue weighted by atomic mass is 9.96. The fourth-order valence-corrected chi connectivity index (χ4v) is 4.83. The second-order valence-electron chi connectivity index (χ2n) is 9.03. The van der Waals surface area contributed by atoms with E-state index in [0.717, 1.165) is 44.0 Å². The van der Waals surface area contributed by atoms with E-state index in [2.05, 4.69) is 80.6 Å². The normalized spacial score (nSPS) is 19.6. The van der Waals surface area contributed by atoms with Crippen LogP contribution < -0.4 is 14.5 Å². The number of rotatable bonds is 8. The molecule has 0 amide bonds. The van der Waals surface area contributed by atoms with E-state index in [4.69, 9.17) is 4.74 Å². The van der Waals surface area contributed by atoms with Gasteiger partial charge in [0.15, 0.2) is 0 Å². The smallest absolute Gasteiger partial charge is 0.139 e. The molecule has 1 aliphatic heterocycles. The molecule has 0 radical (unpaired) electrons. The first-order chi connectivity index (χ1) is 15.6. The molecular formula is C28H36N2O2+2. The molecule has 0 unspecified atom stereocenters. The van der Waals surface area contributed by atoms with Crippen LogP contribution in [0, 0.1) is 13.8 Å². The minimum Gasteiger partial charge on any atom is -0.490 e. The molecule has 0 aromatic heterocycles. The average Bonchev–Trinajstić information content (AvgIpc) is 2.83. The Balaban J connectivity index is 1.33. The van der Waals surface area contributed by atoms with Crippen LogP contribution >= 0.6 is 0 Å². The minimum absolute atomic E-state index is 0.348. The van der Waals surface area contributed by atoms with E-state index in [1.54, 1.807) is 4.90 Å². The van der Waals surface area contributed by atoms with Crippen LogP contribution in [0.5, 0.6) is 5.75 Å². The van der Waals surface area contributed by atoms with E-state index >= 15 is 0 Å². The van der Waals surface area contributed by atoms with Gasteiger partial charge in [0.2, 0.25) is 0 Å². The first-order valence-corrected chi connectivity index (χ1v) is 11.8. The number of aliphatic hydroxyl groups excluding tert-OH is 1. The van der Waals surface area contributed by atoms with E-state index in [9.17, 15) is 5.11 Å². The maximum absolute atomic E-state index is 10.6. The van der Waals surface area contributed by atoms with Crippen molar-refractivity contribution in [2.75, 3.05) is 39.3 Å². The molecule has 1 aliphatic rings. The van der Waals surface area contributed by atoms with Crippen LogP contribution in [0.2, 0.25) is 0 Å². The lowest BCUT2D eigenvalue weighted by Crippen LogP contribution is -3.28. The lowest BCUT2D eigenvalue weighted by molar-refractivity contribution is -1.02. The van der Waals surface area contributed by atoms with Gasteiger partial charge >= 0.3 is 0 Å². The van der Waals surface area contributed by atoms with Gasteiger partial charge in [-0.1, -0.05) is 72.8 Å². The summed E-state index contributed by atoms with van der Waals surface area (Å²) < 4.78 is 5.93. The molecule has 0 bridgehead atoms. The number of ether oxygens (including phenoxy) is 1. The standard InChI is InChI=1S/C28H34N2O2/c1-22-10-9-15-27(23(22)2)32-21-26(31)20-29-16-18-30(19-17-29)28(24-11-5-3-6-12-24)25-13-7-4-8-14-25/h3-15,26,28,31H,16-21H2,1-2H3/p+2/t26-/m1/s1. The molecule has 4 heteroatoms. The van der Waals surface area contributed by atoms with Gasteiger partial charge in [-0.25, -0.2) is 0 Å². The molecule has 0 aliphatic carbocycles. The van der Waals surface area contributed by atoms with Crippen molar-refractivity contribution < 1.29 is 19.6 Å². The number of hydrogen-bond donors (Lipinski definition) is 3. The van der Waals surface area contributed by atoms with E-state index in [-0.39, 0.29) is 0 Å². The molecule has 4 rings (SSSR count). The van der Waals surface area contributed by atoms with Crippen molar-refractivity contribution in [3.05, 3.63) is 101 Å². The summed E-state index contributed by atoms with van der Waals surface area (Å²) in [6.45, 7) is 9.55. The third-order valence-corrected chi connectivity index (χ3v) is 6.78. The molecule has 3 aromatic carbocycles. The summed E-state index contributed by atoms with van der Waals surface area (Å²) in [5.74, 6) is 0.877. The van der Waals surface area contributed by atoms with Crippen LogP contribution in [0.15, 0.2) is 78.9 Å². The largest absolute Gasteiger partial charge is 0.490 e. The maximum Gasteiger partial charge on any atom is 0.139 e. The van der Waals surface area contributed by atoms with Gasteiger partial charge < -0.3 is 19.6 Å². The number of piperazine rings is 1. The predicted octanol–water partition coefficient (Wildman–Crippen LogP) is 1.62. The Hall–Kier alpha value is -2.66. The molecule has 32 heavy (non-hydrogen) atoms. The molecule has 1 saturated heterocycles. The zero-order valence-corrected chi connectivity index (χ0v) is 19.3. The second kappa shape index (κ2) is 10.8. The zero-order chi connectivity index (χ0) is 22.3. The van der Waals surface area contributed by atoms with Crippen molar-refractivity contribution in [2.45, 2.75) is 26.0 Å². The Labute approximate surface area is 192 Å². The highest BCUT2D eigenvalue weighted by Crippen LogP contribution is 2.21. The van der Waals surface area contributed by atoms with Gasteiger partial charge in [-0.15, -0.1) is 0 Å². The fourth-order valence-electron chi connectivity index (χ4n) is 4.83. The molecule has 1 heterocycles. The molecule has 1 fully saturated rings. The molecule has 0 saturated carbocycles. The molecule has 4 nitrogen and oxygen atoms in total. The first-order valence-electron chi connectivity index (χ1n) is 11.8. The van der Waals surface area contributed by atoms with Crippen LogP contribution in [0.1, 0.15) is 28.3 Å². The highest BCUT2D eigenvalue weighted by atomic mass is 16.5. The van der Waals surface area contributed by atoms with Gasteiger partial charge in [0.25, 0.3) is 0 Å². The summed E-state index contributed by atoms with van der Waals surface area (Å²) in [5.41, 5.74) is 5.11. The van der Waals surface area contributed by atoms with Crippen LogP contribution in [-0.4, -0.2) is 50.5 Å². The van der Waals surface area contributed by atoms with Gasteiger partial charge in [0, 0.05) is 11.1 Å². The van der Waals surface area contributed by atoms with Crippen molar-refractivity contribution in [3.8, 4) is 5.75 Å². The summed E-state index contributed by atoms with van der Waals surface area (Å²) in [6, 6.07) is 28.2. The topological polar surface area (TPSA) is 38.3 Å². The number of aliphatic hydroxyl groups is 1. The quantitative estimate of drug-likeness (QED) is 0.506. The van der Waals surface area contributed by atoms with Crippen LogP contribution in [0.3, 0.4) is 0 Å². The van der Waals surface area contributed by atoms with Gasteiger partial charge in [-0.05, 0) is 31.0 Å². The number of nitrogens with one attached hydrogen (secondary N) is 2. The van der Waals surface area contributed by atoms with Crippen LogP contribution in [0.4, 0.5) is 0 Å². The van der Waals surface area contributed by atoms with Crippen LogP contribution in [-0.2, 0) is 0 Å². The van der Waals surface area contributed by atoms with Crippen molar-refractivity contribution >= 4 is 0 Å². The lowest BCUT2D eigenvalue weighted by Gasteiger charge is -2.35. The van der Waals surface area contributed by atoms with Crippen molar-refractivity contribution in [1.29, 1.82) is 0 Å². The number of hydrogen-bond acceptors (Lipinski definition) is 2. The highest BCUT2D eigenvalue weighted by Gasteiger charge is 2.32. The highest BCUT2D eigenvalue weighted by molar-refractivity contribution is 5.38. The molecule has 0 spiro atoms. The van der Waals surface area contributed by atoms with Crippen molar-refractivity contribution in [2.24, 2.45) is 0 Å². The summed E-state index contributed by atoms with van der Waals surface area (Å²) in [5, 5.41) is 10.6. The Morgan fingerprint density at radius 3 is 1.97 bits per heavy atom. The van der Waals surface area contributed by atoms with Gasteiger partial charge in [0.1, 0.15) is 57.2 Å². The van der Waals surface area contributed by atoms with E-state index in [0.29, 0.717) is 12.6 Å². The van der Waals surface area contributed by atoms with Gasteiger partial charge in [-0.3, -0.25) is 0 Å². The third kappa shape index (κ3) is 5.57. The summed E-state index contributed by atoms with van der Waals surface area (Å²) in [4.78, 5) is 3.07. The third-order valence-electron chi connectivity index (χ3n) is 6.78. The molecule has 168 valence electrons. The molecule has 3 aromatic rings. The molecule has 3 N–H and O–H groups in total. The first kappa shape index (κ1) is 22.5. The minimum atomic E-state index is -0.453. The summed E-state index contributed by atoms with van der Waals surface area (Å²) in [7, 11) is 0. The SMILES string of the molecule is Cc1cccc(OC[C@H](O)C[NH+]2CC[NH+](C(c3ccccc3)c3ccccc3)CC2)c1C. The maximum atomic E-state index is 10.6. The van der Waals surface area contributed by atoms with E-state index in [1.165, 1.54) is 21.6 Å². The summed E-state index contributed by atoms with van der Waals surface area (Å²) in [6.07, 6.45) is -0.453. The molecular weight excluding hydrogens is 396 g/mol. The van der Waals surface area contributed by atoms with E-state index in [1.807, 2.05) is 12.1 Å². The number of benzene rings is 3. The Morgan fingerprint density at radius 2 is 1.38 bits per heavy atom. The Morgan fingerprint density at radius 1 is 0.781 bits per heavy atom. The monoisotopic (exact) mass is 432 g/mol. The second-order valence-corrected chi connectivity index (χ2v) is 9.03. The van der Waals surface area contributed by atoms with E-state index < -0.39 is 6.10 Å². The molecule has 1 atom stereocenters. The number of aryl methyl sites for hydroxylation is 1. The Kier molecular flexibility index (Phi) is 7.59.